The molecule has 3 amide bonds. The van der Waals surface area contributed by atoms with E-state index in [1.165, 1.54) is 19.5 Å². The van der Waals surface area contributed by atoms with Crippen LogP contribution in [0.4, 0.5) is 0 Å². The molecule has 32 heavy (non-hydrogen) atoms. The SMILES string of the molecule is COc1cncc2[nH]c(C(=O)N[C@@H](CC3CC3)C(=O)N[C@H](C#N)C[C@@H]3CCNC3=O)nc12. The Morgan fingerprint density at radius 3 is 2.75 bits per heavy atom. The standard InChI is InChI=1S/C21H25N7O4/c1-32-16-10-23-9-15-17(16)28-18(26-15)21(31)27-14(6-11-2-3-11)20(30)25-13(8-22)7-12-4-5-24-19(12)29/h9-14H,2-7H2,1H3,(H,24,29)(H,25,30)(H,26,28)(H,27,31)/t12-,13-,14-/m0/s1. The number of H-pyrrole nitrogens is 1. The number of hydrogen-bond acceptors (Lipinski definition) is 7. The van der Waals surface area contributed by atoms with E-state index in [4.69, 9.17) is 4.74 Å². The number of amides is 3. The van der Waals surface area contributed by atoms with Crippen molar-refractivity contribution < 1.29 is 19.1 Å². The van der Waals surface area contributed by atoms with E-state index in [1.807, 2.05) is 0 Å². The van der Waals surface area contributed by atoms with Crippen molar-refractivity contribution >= 4 is 28.8 Å². The number of nitrogens with one attached hydrogen (secondary N) is 4. The summed E-state index contributed by atoms with van der Waals surface area (Å²) in [5.41, 5.74) is 1.01. The van der Waals surface area contributed by atoms with Crippen LogP contribution in [0.5, 0.6) is 5.75 Å². The number of carbonyl (C=O) groups is 3. The Balaban J connectivity index is 1.44. The predicted octanol–water partition coefficient (Wildman–Crippen LogP) is 0.400. The van der Waals surface area contributed by atoms with Gasteiger partial charge in [-0.15, -0.1) is 0 Å². The van der Waals surface area contributed by atoms with E-state index >= 15 is 0 Å². The van der Waals surface area contributed by atoms with Gasteiger partial charge in [-0.1, -0.05) is 12.8 Å². The molecule has 2 fully saturated rings. The summed E-state index contributed by atoms with van der Waals surface area (Å²) >= 11 is 0. The van der Waals surface area contributed by atoms with E-state index in [9.17, 15) is 19.6 Å². The highest BCUT2D eigenvalue weighted by Crippen LogP contribution is 2.33. The van der Waals surface area contributed by atoms with Crippen LogP contribution in [0.25, 0.3) is 11.0 Å². The number of fused-ring (bicyclic) bond motifs is 1. The van der Waals surface area contributed by atoms with Crippen LogP contribution in [0.1, 0.15) is 42.7 Å². The lowest BCUT2D eigenvalue weighted by molar-refractivity contribution is -0.125. The van der Waals surface area contributed by atoms with E-state index in [0.717, 1.165) is 12.8 Å². The first-order valence-electron chi connectivity index (χ1n) is 10.6. The van der Waals surface area contributed by atoms with Crippen molar-refractivity contribution in [3.8, 4) is 11.8 Å². The van der Waals surface area contributed by atoms with Gasteiger partial charge >= 0.3 is 0 Å². The Kier molecular flexibility index (Phi) is 6.20. The fourth-order valence-corrected chi connectivity index (χ4v) is 3.88. The number of aromatic nitrogens is 3. The van der Waals surface area contributed by atoms with Gasteiger partial charge in [0.05, 0.1) is 31.1 Å². The lowest BCUT2D eigenvalue weighted by atomic mass is 9.98. The number of nitrogens with zero attached hydrogens (tertiary/aromatic N) is 3. The maximum atomic E-state index is 12.9. The quantitative estimate of drug-likeness (QED) is 0.439. The lowest BCUT2D eigenvalue weighted by Crippen LogP contribution is -2.50. The fourth-order valence-electron chi connectivity index (χ4n) is 3.88. The summed E-state index contributed by atoms with van der Waals surface area (Å²) in [6, 6.07) is 0.438. The van der Waals surface area contributed by atoms with E-state index in [1.54, 1.807) is 0 Å². The summed E-state index contributed by atoms with van der Waals surface area (Å²) in [6.45, 7) is 0.577. The Bertz CT molecular complexity index is 1070. The summed E-state index contributed by atoms with van der Waals surface area (Å²) in [6.07, 6.45) is 6.39. The second-order valence-corrected chi connectivity index (χ2v) is 8.23. The lowest BCUT2D eigenvalue weighted by Gasteiger charge is -2.21. The molecule has 2 aromatic rings. The first kappa shape index (κ1) is 21.5. The number of aromatic amines is 1. The molecular weight excluding hydrogens is 414 g/mol. The summed E-state index contributed by atoms with van der Waals surface area (Å²) < 4.78 is 5.22. The van der Waals surface area contributed by atoms with Crippen LogP contribution in [0.2, 0.25) is 0 Å². The molecule has 0 unspecified atom stereocenters. The van der Waals surface area contributed by atoms with Gasteiger partial charge in [0.1, 0.15) is 17.6 Å². The number of rotatable bonds is 9. The average molecular weight is 439 g/mol. The maximum Gasteiger partial charge on any atom is 0.287 e. The van der Waals surface area contributed by atoms with E-state index < -0.39 is 23.9 Å². The van der Waals surface area contributed by atoms with Crippen LogP contribution in [-0.4, -0.2) is 58.4 Å². The minimum absolute atomic E-state index is 0.0411. The monoisotopic (exact) mass is 439 g/mol. The van der Waals surface area contributed by atoms with Gasteiger partial charge < -0.3 is 25.7 Å². The zero-order chi connectivity index (χ0) is 22.7. The molecule has 0 aromatic carbocycles. The van der Waals surface area contributed by atoms with Gasteiger partial charge in [-0.05, 0) is 25.2 Å². The molecule has 3 heterocycles. The van der Waals surface area contributed by atoms with Gasteiger partial charge in [-0.2, -0.15) is 5.26 Å². The van der Waals surface area contributed by atoms with Crippen LogP contribution in [0.3, 0.4) is 0 Å². The molecule has 3 atom stereocenters. The second kappa shape index (κ2) is 9.21. The van der Waals surface area contributed by atoms with Gasteiger partial charge in [0.25, 0.3) is 5.91 Å². The second-order valence-electron chi connectivity index (χ2n) is 8.23. The van der Waals surface area contributed by atoms with Gasteiger partial charge in [-0.3, -0.25) is 19.4 Å². The Labute approximate surface area is 184 Å². The minimum Gasteiger partial charge on any atom is -0.493 e. The largest absolute Gasteiger partial charge is 0.493 e. The van der Waals surface area contributed by atoms with E-state index in [2.05, 4.69) is 37.0 Å². The Morgan fingerprint density at radius 1 is 1.28 bits per heavy atom. The third-order valence-electron chi connectivity index (χ3n) is 5.84. The highest BCUT2D eigenvalue weighted by molar-refractivity contribution is 5.98. The average Bonchev–Trinajstić information content (AvgIpc) is 3.35. The number of methoxy groups -OCH3 is 1. The van der Waals surface area contributed by atoms with Crippen molar-refractivity contribution in [1.82, 2.24) is 30.9 Å². The number of pyridine rings is 1. The van der Waals surface area contributed by atoms with Gasteiger partial charge in [0.2, 0.25) is 11.8 Å². The molecule has 1 aliphatic carbocycles. The first-order valence-corrected chi connectivity index (χ1v) is 10.6. The van der Waals surface area contributed by atoms with Crippen molar-refractivity contribution in [2.75, 3.05) is 13.7 Å². The predicted molar refractivity (Wildman–Crippen MR) is 112 cm³/mol. The van der Waals surface area contributed by atoms with Gasteiger partial charge in [0.15, 0.2) is 11.6 Å². The number of ether oxygens (including phenoxy) is 1. The van der Waals surface area contributed by atoms with E-state index in [0.29, 0.717) is 42.1 Å². The minimum atomic E-state index is -0.809. The van der Waals surface area contributed by atoms with Gasteiger partial charge in [0, 0.05) is 12.5 Å². The summed E-state index contributed by atoms with van der Waals surface area (Å²) in [7, 11) is 1.49. The number of imidazole rings is 1. The fraction of sp³-hybridized carbons (Fsp3) is 0.524. The molecule has 1 saturated carbocycles. The van der Waals surface area contributed by atoms with Crippen LogP contribution < -0.4 is 20.7 Å². The summed E-state index contributed by atoms with van der Waals surface area (Å²) in [5.74, 6) is -0.546. The molecule has 1 saturated heterocycles. The number of hydrogen-bond donors (Lipinski definition) is 4. The zero-order valence-corrected chi connectivity index (χ0v) is 17.7. The molecule has 1 aliphatic heterocycles. The van der Waals surface area contributed by atoms with Crippen molar-refractivity contribution in [3.05, 3.63) is 18.2 Å². The van der Waals surface area contributed by atoms with Crippen LogP contribution in [-0.2, 0) is 9.59 Å². The molecule has 11 nitrogen and oxygen atoms in total. The molecular formula is C21H25N7O4. The van der Waals surface area contributed by atoms with Crippen molar-refractivity contribution in [2.24, 2.45) is 11.8 Å². The smallest absolute Gasteiger partial charge is 0.287 e. The summed E-state index contributed by atoms with van der Waals surface area (Å²) in [4.78, 5) is 48.8. The van der Waals surface area contributed by atoms with Crippen LogP contribution in [0, 0.1) is 23.2 Å². The van der Waals surface area contributed by atoms with Gasteiger partial charge in [-0.25, -0.2) is 4.98 Å². The molecule has 11 heteroatoms. The zero-order valence-electron chi connectivity index (χ0n) is 17.7. The molecule has 2 aromatic heterocycles. The highest BCUT2D eigenvalue weighted by atomic mass is 16.5. The molecule has 0 bridgehead atoms. The molecule has 168 valence electrons. The third-order valence-corrected chi connectivity index (χ3v) is 5.84. The van der Waals surface area contributed by atoms with Crippen LogP contribution >= 0.6 is 0 Å². The molecule has 2 aliphatic rings. The third kappa shape index (κ3) is 4.80. The number of nitriles is 1. The van der Waals surface area contributed by atoms with Crippen molar-refractivity contribution in [1.29, 1.82) is 5.26 Å². The molecule has 0 spiro atoms. The Hall–Kier alpha value is -3.68. The molecule has 4 rings (SSSR count). The van der Waals surface area contributed by atoms with Crippen molar-refractivity contribution in [2.45, 2.75) is 44.2 Å². The first-order chi connectivity index (χ1) is 15.5. The Morgan fingerprint density at radius 2 is 2.09 bits per heavy atom. The van der Waals surface area contributed by atoms with Crippen LogP contribution in [0.15, 0.2) is 12.4 Å². The maximum absolute atomic E-state index is 12.9. The van der Waals surface area contributed by atoms with E-state index in [-0.39, 0.29) is 24.1 Å². The highest BCUT2D eigenvalue weighted by Gasteiger charge is 2.33. The number of carbonyl (C=O) groups excluding carboxylic acids is 3. The van der Waals surface area contributed by atoms with Crippen molar-refractivity contribution in [3.63, 3.8) is 0 Å². The topological polar surface area (TPSA) is 162 Å². The molecule has 4 N–H and O–H groups in total. The normalized spacial score (nSPS) is 19.6. The molecule has 0 radical (unpaired) electrons. The summed E-state index contributed by atoms with van der Waals surface area (Å²) in [5, 5.41) is 17.6.